The van der Waals surface area contributed by atoms with Crippen molar-refractivity contribution >= 4 is 0 Å². The third-order valence-electron chi connectivity index (χ3n) is 4.45. The summed E-state index contributed by atoms with van der Waals surface area (Å²) in [6.45, 7) is 1.27. The third-order valence-corrected chi connectivity index (χ3v) is 4.45. The van der Waals surface area contributed by atoms with Crippen molar-refractivity contribution in [3.8, 4) is 0 Å². The SMILES string of the molecule is CNCC(C1CCCC1)C1CCCC1. The molecule has 1 heteroatoms. The van der Waals surface area contributed by atoms with Crippen molar-refractivity contribution in [1.82, 2.24) is 5.32 Å². The molecule has 0 aliphatic heterocycles. The van der Waals surface area contributed by atoms with E-state index in [9.17, 15) is 0 Å². The monoisotopic (exact) mass is 195 g/mol. The van der Waals surface area contributed by atoms with Gasteiger partial charge in [-0.2, -0.15) is 0 Å². The highest BCUT2D eigenvalue weighted by Gasteiger charge is 2.32. The minimum Gasteiger partial charge on any atom is -0.319 e. The summed E-state index contributed by atoms with van der Waals surface area (Å²) in [6, 6.07) is 0. The summed E-state index contributed by atoms with van der Waals surface area (Å²) in [5.41, 5.74) is 0. The Morgan fingerprint density at radius 1 is 0.929 bits per heavy atom. The predicted molar refractivity (Wildman–Crippen MR) is 61.3 cm³/mol. The maximum absolute atomic E-state index is 3.42. The molecule has 2 rings (SSSR count). The molecule has 14 heavy (non-hydrogen) atoms. The van der Waals surface area contributed by atoms with E-state index in [-0.39, 0.29) is 0 Å². The molecule has 0 radical (unpaired) electrons. The normalized spacial score (nSPS) is 25.3. The molecule has 2 saturated carbocycles. The Morgan fingerprint density at radius 3 is 1.71 bits per heavy atom. The molecule has 0 aromatic carbocycles. The van der Waals surface area contributed by atoms with Crippen LogP contribution in [0.4, 0.5) is 0 Å². The van der Waals surface area contributed by atoms with Gasteiger partial charge < -0.3 is 5.32 Å². The first-order chi connectivity index (χ1) is 6.92. The second kappa shape index (κ2) is 5.16. The Balaban J connectivity index is 1.91. The van der Waals surface area contributed by atoms with Crippen molar-refractivity contribution in [3.05, 3.63) is 0 Å². The van der Waals surface area contributed by atoms with E-state index in [2.05, 4.69) is 12.4 Å². The zero-order valence-corrected chi connectivity index (χ0v) is 9.60. The average molecular weight is 195 g/mol. The van der Waals surface area contributed by atoms with Crippen LogP contribution >= 0.6 is 0 Å². The van der Waals surface area contributed by atoms with E-state index in [1.165, 1.54) is 57.9 Å². The Kier molecular flexibility index (Phi) is 3.86. The van der Waals surface area contributed by atoms with Crippen LogP contribution in [0.2, 0.25) is 0 Å². The van der Waals surface area contributed by atoms with E-state index in [0.717, 1.165) is 17.8 Å². The smallest absolute Gasteiger partial charge is 0.00182 e. The van der Waals surface area contributed by atoms with Gasteiger partial charge in [0.1, 0.15) is 0 Å². The molecule has 0 heterocycles. The molecule has 2 aliphatic carbocycles. The van der Waals surface area contributed by atoms with Gasteiger partial charge in [0.05, 0.1) is 0 Å². The Hall–Kier alpha value is -0.0400. The van der Waals surface area contributed by atoms with Gasteiger partial charge in [0, 0.05) is 0 Å². The highest BCUT2D eigenvalue weighted by molar-refractivity contribution is 4.84. The summed E-state index contributed by atoms with van der Waals surface area (Å²) in [7, 11) is 2.12. The molecule has 0 saturated heterocycles. The van der Waals surface area contributed by atoms with Crippen LogP contribution in [-0.4, -0.2) is 13.6 Å². The van der Waals surface area contributed by atoms with Crippen LogP contribution in [-0.2, 0) is 0 Å². The lowest BCUT2D eigenvalue weighted by Crippen LogP contribution is -2.30. The molecule has 1 N–H and O–H groups in total. The average Bonchev–Trinajstić information content (AvgIpc) is 2.87. The summed E-state index contributed by atoms with van der Waals surface area (Å²) in [6.07, 6.45) is 12.1. The fourth-order valence-corrected chi connectivity index (χ4v) is 3.73. The van der Waals surface area contributed by atoms with Crippen LogP contribution < -0.4 is 5.32 Å². The minimum atomic E-state index is 1.00. The van der Waals surface area contributed by atoms with Crippen molar-refractivity contribution in [2.45, 2.75) is 51.4 Å². The number of hydrogen-bond donors (Lipinski definition) is 1. The van der Waals surface area contributed by atoms with Gasteiger partial charge in [-0.05, 0) is 31.3 Å². The van der Waals surface area contributed by atoms with Crippen LogP contribution in [0.25, 0.3) is 0 Å². The van der Waals surface area contributed by atoms with E-state index in [1.807, 2.05) is 0 Å². The first-order valence-electron chi connectivity index (χ1n) is 6.56. The van der Waals surface area contributed by atoms with Crippen molar-refractivity contribution in [2.75, 3.05) is 13.6 Å². The summed E-state index contributed by atoms with van der Waals surface area (Å²) >= 11 is 0. The molecule has 0 aromatic heterocycles. The maximum Gasteiger partial charge on any atom is -0.00182 e. The highest BCUT2D eigenvalue weighted by atomic mass is 14.8. The van der Waals surface area contributed by atoms with Gasteiger partial charge in [-0.15, -0.1) is 0 Å². The van der Waals surface area contributed by atoms with Crippen molar-refractivity contribution in [1.29, 1.82) is 0 Å². The zero-order chi connectivity index (χ0) is 9.80. The lowest BCUT2D eigenvalue weighted by Gasteiger charge is -2.29. The second-order valence-electron chi connectivity index (χ2n) is 5.31. The number of rotatable bonds is 4. The molecular weight excluding hydrogens is 170 g/mol. The van der Waals surface area contributed by atoms with Crippen LogP contribution in [0.5, 0.6) is 0 Å². The topological polar surface area (TPSA) is 12.0 Å². The largest absolute Gasteiger partial charge is 0.319 e. The van der Waals surface area contributed by atoms with Gasteiger partial charge in [0.25, 0.3) is 0 Å². The molecule has 0 unspecified atom stereocenters. The molecule has 82 valence electrons. The molecule has 1 nitrogen and oxygen atoms in total. The van der Waals surface area contributed by atoms with Crippen LogP contribution in [0.1, 0.15) is 51.4 Å². The Labute approximate surface area is 88.7 Å². The third kappa shape index (κ3) is 2.31. The van der Waals surface area contributed by atoms with Gasteiger partial charge in [0.15, 0.2) is 0 Å². The Morgan fingerprint density at radius 2 is 1.36 bits per heavy atom. The molecule has 0 spiro atoms. The number of nitrogens with one attached hydrogen (secondary N) is 1. The van der Waals surface area contributed by atoms with Gasteiger partial charge in [-0.3, -0.25) is 0 Å². The lowest BCUT2D eigenvalue weighted by molar-refractivity contribution is 0.227. The number of hydrogen-bond acceptors (Lipinski definition) is 1. The molecule has 0 bridgehead atoms. The molecule has 0 atom stereocenters. The van der Waals surface area contributed by atoms with E-state index in [4.69, 9.17) is 0 Å². The van der Waals surface area contributed by atoms with Gasteiger partial charge in [-0.25, -0.2) is 0 Å². The first-order valence-corrected chi connectivity index (χ1v) is 6.56. The fourth-order valence-electron chi connectivity index (χ4n) is 3.73. The molecule has 2 aliphatic rings. The summed E-state index contributed by atoms with van der Waals surface area (Å²) in [5.74, 6) is 3.13. The lowest BCUT2D eigenvalue weighted by atomic mass is 9.79. The van der Waals surface area contributed by atoms with E-state index >= 15 is 0 Å². The molecule has 0 amide bonds. The Bertz CT molecular complexity index is 139. The summed E-state index contributed by atoms with van der Waals surface area (Å²) in [4.78, 5) is 0. The van der Waals surface area contributed by atoms with Crippen molar-refractivity contribution in [3.63, 3.8) is 0 Å². The summed E-state index contributed by atoms with van der Waals surface area (Å²) < 4.78 is 0. The highest BCUT2D eigenvalue weighted by Crippen LogP contribution is 2.41. The molecular formula is C13H25N. The van der Waals surface area contributed by atoms with Crippen LogP contribution in [0.3, 0.4) is 0 Å². The van der Waals surface area contributed by atoms with Crippen molar-refractivity contribution in [2.24, 2.45) is 17.8 Å². The molecule has 2 fully saturated rings. The van der Waals surface area contributed by atoms with Crippen LogP contribution in [0, 0.1) is 17.8 Å². The predicted octanol–water partition coefficient (Wildman–Crippen LogP) is 3.20. The maximum atomic E-state index is 3.42. The standard InChI is InChI=1S/C13H25N/c1-14-10-13(11-6-2-3-7-11)12-8-4-5-9-12/h11-14H,2-10H2,1H3. The quantitative estimate of drug-likeness (QED) is 0.726. The zero-order valence-electron chi connectivity index (χ0n) is 9.60. The fraction of sp³-hybridized carbons (Fsp3) is 1.00. The molecule has 0 aromatic rings. The summed E-state index contributed by atoms with van der Waals surface area (Å²) in [5, 5.41) is 3.42. The van der Waals surface area contributed by atoms with Crippen LogP contribution in [0.15, 0.2) is 0 Å². The van der Waals surface area contributed by atoms with Gasteiger partial charge >= 0.3 is 0 Å². The van der Waals surface area contributed by atoms with Gasteiger partial charge in [-0.1, -0.05) is 51.4 Å². The van der Waals surface area contributed by atoms with E-state index in [1.54, 1.807) is 0 Å². The van der Waals surface area contributed by atoms with Crippen molar-refractivity contribution < 1.29 is 0 Å². The van der Waals surface area contributed by atoms with E-state index < -0.39 is 0 Å². The second-order valence-corrected chi connectivity index (χ2v) is 5.31. The first kappa shape index (κ1) is 10.5. The minimum absolute atomic E-state index is 1.00. The van der Waals surface area contributed by atoms with E-state index in [0.29, 0.717) is 0 Å². The van der Waals surface area contributed by atoms with Gasteiger partial charge in [0.2, 0.25) is 0 Å².